The molecule has 0 bridgehead atoms. The predicted octanol–water partition coefficient (Wildman–Crippen LogP) is 2.37. The van der Waals surface area contributed by atoms with E-state index in [2.05, 4.69) is 0 Å². The monoisotopic (exact) mass is 200 g/mol. The summed E-state index contributed by atoms with van der Waals surface area (Å²) >= 11 is 7.39. The number of thiophene rings is 1. The Labute approximate surface area is 79.9 Å². The van der Waals surface area contributed by atoms with Crippen molar-refractivity contribution in [2.75, 3.05) is 0 Å². The Kier molecular flexibility index (Phi) is 1.66. The Bertz CT molecular complexity index is 328. The maximum atomic E-state index is 7.45. The Morgan fingerprint density at radius 1 is 1.67 bits per heavy atom. The van der Waals surface area contributed by atoms with Gasteiger partial charge in [-0.05, 0) is 18.9 Å². The normalized spacial score (nSPS) is 19.1. The molecular formula is C8H9ClN2S. The molecule has 1 aromatic heterocycles. The van der Waals surface area contributed by atoms with E-state index in [4.69, 9.17) is 22.7 Å². The fourth-order valence-corrected chi connectivity index (χ4v) is 2.69. The first-order valence-corrected chi connectivity index (χ1v) is 5.00. The van der Waals surface area contributed by atoms with E-state index in [1.54, 1.807) is 11.3 Å². The van der Waals surface area contributed by atoms with Crippen LogP contribution >= 0.6 is 22.9 Å². The van der Waals surface area contributed by atoms with Gasteiger partial charge in [0.1, 0.15) is 5.84 Å². The van der Waals surface area contributed by atoms with E-state index in [0.717, 1.165) is 22.7 Å². The highest BCUT2D eigenvalue weighted by atomic mass is 35.5. The molecule has 1 saturated carbocycles. The lowest BCUT2D eigenvalue weighted by atomic mass is 10.0. The molecule has 1 aliphatic carbocycles. The van der Waals surface area contributed by atoms with Gasteiger partial charge in [0.05, 0.1) is 10.4 Å². The minimum atomic E-state index is -0.141. The molecule has 3 N–H and O–H groups in total. The molecule has 0 amide bonds. The average Bonchev–Trinajstić information content (AvgIpc) is 2.71. The number of nitrogens with two attached hydrogens (primary N) is 1. The molecular weight excluding hydrogens is 192 g/mol. The fraction of sp³-hybridized carbons (Fsp3) is 0.375. The van der Waals surface area contributed by atoms with Gasteiger partial charge in [0.15, 0.2) is 0 Å². The van der Waals surface area contributed by atoms with Crippen LogP contribution in [0, 0.1) is 5.41 Å². The first-order valence-electron chi connectivity index (χ1n) is 3.74. The summed E-state index contributed by atoms with van der Waals surface area (Å²) in [5.74, 6) is 0.279. The van der Waals surface area contributed by atoms with Crippen molar-refractivity contribution in [1.29, 1.82) is 5.41 Å². The Morgan fingerprint density at radius 2 is 2.33 bits per heavy atom. The Balaban J connectivity index is 2.36. The van der Waals surface area contributed by atoms with Crippen LogP contribution in [0.15, 0.2) is 11.4 Å². The number of hydrogen-bond acceptors (Lipinski definition) is 2. The highest BCUT2D eigenvalue weighted by molar-refractivity contribution is 7.10. The van der Waals surface area contributed by atoms with Gasteiger partial charge in [-0.3, -0.25) is 5.41 Å². The van der Waals surface area contributed by atoms with Gasteiger partial charge in [0.25, 0.3) is 0 Å². The van der Waals surface area contributed by atoms with Crippen molar-refractivity contribution in [2.45, 2.75) is 18.3 Å². The summed E-state index contributed by atoms with van der Waals surface area (Å²) in [5.41, 5.74) is 5.38. The van der Waals surface area contributed by atoms with Crippen LogP contribution in [0.2, 0.25) is 5.02 Å². The van der Waals surface area contributed by atoms with Crippen molar-refractivity contribution < 1.29 is 0 Å². The molecule has 0 saturated heterocycles. The van der Waals surface area contributed by atoms with Crippen molar-refractivity contribution in [1.82, 2.24) is 0 Å². The minimum absolute atomic E-state index is 0.141. The van der Waals surface area contributed by atoms with Crippen LogP contribution in [0.5, 0.6) is 0 Å². The second-order valence-electron chi connectivity index (χ2n) is 3.12. The van der Waals surface area contributed by atoms with Gasteiger partial charge in [0.2, 0.25) is 0 Å². The molecule has 2 rings (SSSR count). The standard InChI is InChI=1S/C8H9ClN2S/c9-5-3-6(12-4-5)8(1-2-8)7(10)11/h3-4H,1-2H2,(H3,10,11). The molecule has 1 aliphatic rings. The first kappa shape index (κ1) is 8.08. The van der Waals surface area contributed by atoms with Gasteiger partial charge in [-0.25, -0.2) is 0 Å². The van der Waals surface area contributed by atoms with Crippen molar-refractivity contribution in [2.24, 2.45) is 5.73 Å². The average molecular weight is 201 g/mol. The molecule has 0 atom stereocenters. The second-order valence-corrected chi connectivity index (χ2v) is 4.47. The summed E-state index contributed by atoms with van der Waals surface area (Å²) in [7, 11) is 0. The highest BCUT2D eigenvalue weighted by Gasteiger charge is 2.48. The zero-order chi connectivity index (χ0) is 8.77. The lowest BCUT2D eigenvalue weighted by Crippen LogP contribution is -2.26. The molecule has 1 aromatic rings. The van der Waals surface area contributed by atoms with Crippen LogP contribution < -0.4 is 5.73 Å². The number of nitrogens with one attached hydrogen (secondary N) is 1. The van der Waals surface area contributed by atoms with E-state index in [-0.39, 0.29) is 11.3 Å². The van der Waals surface area contributed by atoms with Crippen molar-refractivity contribution in [3.8, 4) is 0 Å². The highest BCUT2D eigenvalue weighted by Crippen LogP contribution is 2.50. The fourth-order valence-electron chi connectivity index (χ4n) is 1.34. The van der Waals surface area contributed by atoms with Gasteiger partial charge in [-0.1, -0.05) is 11.6 Å². The third-order valence-corrected chi connectivity index (χ3v) is 3.79. The molecule has 0 aromatic carbocycles. The predicted molar refractivity (Wildman–Crippen MR) is 52.2 cm³/mol. The second kappa shape index (κ2) is 2.47. The van der Waals surface area contributed by atoms with Crippen LogP contribution in [-0.2, 0) is 5.41 Å². The summed E-state index contributed by atoms with van der Waals surface area (Å²) in [6.45, 7) is 0. The summed E-state index contributed by atoms with van der Waals surface area (Å²) in [6, 6.07) is 1.92. The summed E-state index contributed by atoms with van der Waals surface area (Å²) in [6.07, 6.45) is 2.00. The van der Waals surface area contributed by atoms with Crippen molar-refractivity contribution in [3.05, 3.63) is 21.3 Å². The summed E-state index contributed by atoms with van der Waals surface area (Å²) in [5, 5.41) is 10.1. The van der Waals surface area contributed by atoms with Gasteiger partial charge >= 0.3 is 0 Å². The Hall–Kier alpha value is -0.540. The zero-order valence-electron chi connectivity index (χ0n) is 6.43. The molecule has 12 heavy (non-hydrogen) atoms. The maximum absolute atomic E-state index is 7.45. The quantitative estimate of drug-likeness (QED) is 0.559. The SMILES string of the molecule is N=C(N)C1(c2cc(Cl)cs2)CC1. The zero-order valence-corrected chi connectivity index (χ0v) is 8.00. The summed E-state index contributed by atoms with van der Waals surface area (Å²) in [4.78, 5) is 1.14. The van der Waals surface area contributed by atoms with E-state index in [9.17, 15) is 0 Å². The molecule has 0 spiro atoms. The molecule has 2 nitrogen and oxygen atoms in total. The number of rotatable bonds is 2. The van der Waals surface area contributed by atoms with E-state index in [1.807, 2.05) is 11.4 Å². The third-order valence-electron chi connectivity index (χ3n) is 2.30. The third kappa shape index (κ3) is 1.04. The van der Waals surface area contributed by atoms with Gasteiger partial charge in [-0.2, -0.15) is 0 Å². The molecule has 0 radical (unpaired) electrons. The smallest absolute Gasteiger partial charge is 0.102 e. The number of amidine groups is 1. The molecule has 4 heteroatoms. The molecule has 1 heterocycles. The number of hydrogen-bond donors (Lipinski definition) is 2. The number of halogens is 1. The minimum Gasteiger partial charge on any atom is -0.387 e. The van der Waals surface area contributed by atoms with Crippen molar-refractivity contribution >= 4 is 28.8 Å². The van der Waals surface area contributed by atoms with Crippen molar-refractivity contribution in [3.63, 3.8) is 0 Å². The molecule has 1 fully saturated rings. The maximum Gasteiger partial charge on any atom is 0.102 e. The lowest BCUT2D eigenvalue weighted by molar-refractivity contribution is 0.950. The van der Waals surface area contributed by atoms with E-state index in [1.165, 1.54) is 0 Å². The molecule has 0 unspecified atom stereocenters. The molecule has 0 aliphatic heterocycles. The van der Waals surface area contributed by atoms with E-state index in [0.29, 0.717) is 0 Å². The van der Waals surface area contributed by atoms with Crippen LogP contribution in [0.25, 0.3) is 0 Å². The van der Waals surface area contributed by atoms with E-state index >= 15 is 0 Å². The van der Waals surface area contributed by atoms with Crippen LogP contribution in [0.3, 0.4) is 0 Å². The van der Waals surface area contributed by atoms with Gasteiger partial charge < -0.3 is 5.73 Å². The molecule has 64 valence electrons. The van der Waals surface area contributed by atoms with E-state index < -0.39 is 0 Å². The largest absolute Gasteiger partial charge is 0.387 e. The Morgan fingerprint density at radius 3 is 2.67 bits per heavy atom. The van der Waals surface area contributed by atoms with Crippen LogP contribution in [-0.4, -0.2) is 5.84 Å². The van der Waals surface area contributed by atoms with Crippen LogP contribution in [0.4, 0.5) is 0 Å². The van der Waals surface area contributed by atoms with Gasteiger partial charge in [0, 0.05) is 10.3 Å². The van der Waals surface area contributed by atoms with Gasteiger partial charge in [-0.15, -0.1) is 11.3 Å². The summed E-state index contributed by atoms with van der Waals surface area (Å²) < 4.78 is 0. The van der Waals surface area contributed by atoms with Crippen LogP contribution in [0.1, 0.15) is 17.7 Å². The first-order chi connectivity index (χ1) is 5.65. The lowest BCUT2D eigenvalue weighted by Gasteiger charge is -2.09. The topological polar surface area (TPSA) is 49.9 Å².